The van der Waals surface area contributed by atoms with E-state index < -0.39 is 0 Å². The van der Waals surface area contributed by atoms with Crippen molar-refractivity contribution in [2.75, 3.05) is 20.2 Å². The van der Waals surface area contributed by atoms with Gasteiger partial charge in [0.2, 0.25) is 0 Å². The number of nitrogens with one attached hydrogen (secondary N) is 1. The zero-order valence-corrected chi connectivity index (χ0v) is 12.7. The quantitative estimate of drug-likeness (QED) is 0.862. The Bertz CT molecular complexity index is 494. The fourth-order valence-corrected chi connectivity index (χ4v) is 3.85. The molecule has 1 aromatic rings. The van der Waals surface area contributed by atoms with Crippen molar-refractivity contribution in [1.82, 2.24) is 5.32 Å². The molecule has 2 heterocycles. The third-order valence-electron chi connectivity index (χ3n) is 3.71. The Kier molecular flexibility index (Phi) is 4.77. The van der Waals surface area contributed by atoms with Gasteiger partial charge in [-0.25, -0.2) is 4.79 Å². The number of hydrogen-bond acceptors (Lipinski definition) is 4. The Morgan fingerprint density at radius 1 is 1.42 bits per heavy atom. The second-order valence-electron chi connectivity index (χ2n) is 4.78. The molecule has 0 spiro atoms. The second kappa shape index (κ2) is 6.35. The lowest BCUT2D eigenvalue weighted by atomic mass is 9.94. The van der Waals surface area contributed by atoms with Gasteiger partial charge in [0, 0.05) is 10.3 Å². The molecular formula is C15H21NO2S. The fraction of sp³-hybridized carbons (Fsp3) is 0.533. The van der Waals surface area contributed by atoms with Crippen molar-refractivity contribution in [3.8, 4) is 0 Å². The van der Waals surface area contributed by atoms with Gasteiger partial charge in [-0.1, -0.05) is 12.5 Å². The van der Waals surface area contributed by atoms with Crippen LogP contribution in [0.15, 0.2) is 11.0 Å². The van der Waals surface area contributed by atoms with E-state index in [0.29, 0.717) is 5.56 Å². The van der Waals surface area contributed by atoms with E-state index in [-0.39, 0.29) is 5.97 Å². The first-order chi connectivity index (χ1) is 9.19. The molecule has 0 bridgehead atoms. The summed E-state index contributed by atoms with van der Waals surface area (Å²) in [4.78, 5) is 13.0. The molecule has 0 aliphatic carbocycles. The SMILES string of the molecule is CCC(=C1CCNCC1)c1scc(C(=O)OC)c1C. The molecule has 1 aliphatic rings. The maximum Gasteiger partial charge on any atom is 0.338 e. The van der Waals surface area contributed by atoms with Crippen LogP contribution in [0.5, 0.6) is 0 Å². The van der Waals surface area contributed by atoms with Crippen molar-refractivity contribution in [3.05, 3.63) is 27.0 Å². The van der Waals surface area contributed by atoms with Gasteiger partial charge >= 0.3 is 5.97 Å². The monoisotopic (exact) mass is 279 g/mol. The van der Waals surface area contributed by atoms with Gasteiger partial charge in [0.25, 0.3) is 0 Å². The molecular weight excluding hydrogens is 258 g/mol. The molecule has 0 amide bonds. The molecule has 0 atom stereocenters. The zero-order valence-electron chi connectivity index (χ0n) is 11.8. The number of carbonyl (C=O) groups is 1. The lowest BCUT2D eigenvalue weighted by Crippen LogP contribution is -2.23. The number of allylic oxidation sites excluding steroid dienone is 1. The Labute approximate surface area is 118 Å². The Hall–Kier alpha value is -1.13. The van der Waals surface area contributed by atoms with Crippen LogP contribution in [0, 0.1) is 6.92 Å². The fourth-order valence-electron chi connectivity index (χ4n) is 2.63. The standard InChI is InChI=1S/C15H21NO2S/c1-4-12(11-5-7-16-8-6-11)14-10(2)13(9-19-14)15(17)18-3/h9,16H,4-8H2,1-3H3. The molecule has 1 aromatic heterocycles. The average Bonchev–Trinajstić information content (AvgIpc) is 2.82. The first-order valence-electron chi connectivity index (χ1n) is 6.77. The summed E-state index contributed by atoms with van der Waals surface area (Å²) < 4.78 is 4.83. The third kappa shape index (κ3) is 2.90. The highest BCUT2D eigenvalue weighted by atomic mass is 32.1. The normalized spacial score (nSPS) is 15.4. The number of methoxy groups -OCH3 is 1. The Morgan fingerprint density at radius 3 is 2.68 bits per heavy atom. The van der Waals surface area contributed by atoms with Gasteiger partial charge in [0.1, 0.15) is 0 Å². The Morgan fingerprint density at radius 2 is 2.11 bits per heavy atom. The molecule has 1 saturated heterocycles. The number of rotatable bonds is 3. The van der Waals surface area contributed by atoms with Gasteiger partial charge in [-0.2, -0.15) is 0 Å². The van der Waals surface area contributed by atoms with Gasteiger partial charge in [0.05, 0.1) is 12.7 Å². The van der Waals surface area contributed by atoms with E-state index in [1.807, 2.05) is 12.3 Å². The molecule has 0 saturated carbocycles. The summed E-state index contributed by atoms with van der Waals surface area (Å²) in [5.41, 5.74) is 4.75. The molecule has 1 N–H and O–H groups in total. The molecule has 0 radical (unpaired) electrons. The minimum absolute atomic E-state index is 0.231. The lowest BCUT2D eigenvalue weighted by molar-refractivity contribution is 0.0600. The maximum atomic E-state index is 11.7. The zero-order chi connectivity index (χ0) is 13.8. The molecule has 2 rings (SSSR count). The van der Waals surface area contributed by atoms with Crippen molar-refractivity contribution < 1.29 is 9.53 Å². The molecule has 0 unspecified atom stereocenters. The highest BCUT2D eigenvalue weighted by Crippen LogP contribution is 2.35. The van der Waals surface area contributed by atoms with Crippen molar-refractivity contribution in [1.29, 1.82) is 0 Å². The highest BCUT2D eigenvalue weighted by Gasteiger charge is 2.19. The number of esters is 1. The van der Waals surface area contributed by atoms with Gasteiger partial charge in [-0.15, -0.1) is 11.3 Å². The average molecular weight is 279 g/mol. The number of carbonyl (C=O) groups excluding carboxylic acids is 1. The number of thiophene rings is 1. The minimum Gasteiger partial charge on any atom is -0.465 e. The van der Waals surface area contributed by atoms with Crippen LogP contribution in [0.4, 0.5) is 0 Å². The first kappa shape index (κ1) is 14.3. The second-order valence-corrected chi connectivity index (χ2v) is 5.66. The van der Waals surface area contributed by atoms with E-state index >= 15 is 0 Å². The smallest absolute Gasteiger partial charge is 0.338 e. The third-order valence-corrected chi connectivity index (χ3v) is 4.85. The van der Waals surface area contributed by atoms with Crippen molar-refractivity contribution in [3.63, 3.8) is 0 Å². The molecule has 0 aromatic carbocycles. The van der Waals surface area contributed by atoms with Crippen LogP contribution in [0.25, 0.3) is 5.57 Å². The van der Waals surface area contributed by atoms with Crippen LogP contribution in [0.1, 0.15) is 47.0 Å². The summed E-state index contributed by atoms with van der Waals surface area (Å²) in [5.74, 6) is -0.231. The largest absolute Gasteiger partial charge is 0.465 e. The number of hydrogen-bond donors (Lipinski definition) is 1. The summed E-state index contributed by atoms with van der Waals surface area (Å²) in [5, 5.41) is 5.31. The van der Waals surface area contributed by atoms with Gasteiger partial charge < -0.3 is 10.1 Å². The van der Waals surface area contributed by atoms with E-state index in [2.05, 4.69) is 12.2 Å². The highest BCUT2D eigenvalue weighted by molar-refractivity contribution is 7.11. The predicted molar refractivity (Wildman–Crippen MR) is 79.7 cm³/mol. The molecule has 1 fully saturated rings. The Balaban J connectivity index is 2.39. The summed E-state index contributed by atoms with van der Waals surface area (Å²) >= 11 is 1.67. The van der Waals surface area contributed by atoms with Crippen LogP contribution < -0.4 is 5.32 Å². The summed E-state index contributed by atoms with van der Waals surface area (Å²) in [6.45, 7) is 6.34. The van der Waals surface area contributed by atoms with Crippen LogP contribution in [-0.4, -0.2) is 26.2 Å². The molecule has 19 heavy (non-hydrogen) atoms. The maximum absolute atomic E-state index is 11.7. The van der Waals surface area contributed by atoms with Gasteiger partial charge in [0.15, 0.2) is 0 Å². The van der Waals surface area contributed by atoms with Gasteiger partial charge in [-0.05, 0) is 50.4 Å². The number of piperidine rings is 1. The van der Waals surface area contributed by atoms with Crippen molar-refractivity contribution >= 4 is 22.9 Å². The first-order valence-corrected chi connectivity index (χ1v) is 7.65. The molecule has 1 aliphatic heterocycles. The lowest BCUT2D eigenvalue weighted by Gasteiger charge is -2.19. The van der Waals surface area contributed by atoms with Crippen LogP contribution in [-0.2, 0) is 4.74 Å². The van der Waals surface area contributed by atoms with Crippen LogP contribution in [0.2, 0.25) is 0 Å². The van der Waals surface area contributed by atoms with E-state index in [1.54, 1.807) is 16.9 Å². The van der Waals surface area contributed by atoms with Crippen molar-refractivity contribution in [2.45, 2.75) is 33.1 Å². The van der Waals surface area contributed by atoms with Crippen LogP contribution in [0.3, 0.4) is 0 Å². The van der Waals surface area contributed by atoms with Gasteiger partial charge in [-0.3, -0.25) is 0 Å². The van der Waals surface area contributed by atoms with Crippen molar-refractivity contribution in [2.24, 2.45) is 0 Å². The summed E-state index contributed by atoms with van der Waals surface area (Å²) in [6, 6.07) is 0. The van der Waals surface area contributed by atoms with E-state index in [1.165, 1.54) is 17.6 Å². The summed E-state index contributed by atoms with van der Waals surface area (Å²) in [7, 11) is 1.44. The number of ether oxygens (including phenoxy) is 1. The topological polar surface area (TPSA) is 38.3 Å². The summed E-state index contributed by atoms with van der Waals surface area (Å²) in [6.07, 6.45) is 3.26. The predicted octanol–water partition coefficient (Wildman–Crippen LogP) is 3.39. The van der Waals surface area contributed by atoms with E-state index in [4.69, 9.17) is 4.74 Å². The molecule has 3 nitrogen and oxygen atoms in total. The molecule has 4 heteroatoms. The molecule has 104 valence electrons. The van der Waals surface area contributed by atoms with E-state index in [0.717, 1.165) is 37.9 Å². The minimum atomic E-state index is -0.231. The van der Waals surface area contributed by atoms with E-state index in [9.17, 15) is 4.79 Å². The van der Waals surface area contributed by atoms with Crippen LogP contribution >= 0.6 is 11.3 Å².